The van der Waals surface area contributed by atoms with Gasteiger partial charge >= 0.3 is 0 Å². The SMILES string of the molecule is COC1CCCC(N2CCOC(CCl)C2)C1. The van der Waals surface area contributed by atoms with Crippen LogP contribution in [0.15, 0.2) is 0 Å². The van der Waals surface area contributed by atoms with E-state index in [1.807, 2.05) is 7.11 Å². The second kappa shape index (κ2) is 6.20. The molecule has 1 heterocycles. The minimum atomic E-state index is 0.221. The van der Waals surface area contributed by atoms with Crippen molar-refractivity contribution in [3.05, 3.63) is 0 Å². The van der Waals surface area contributed by atoms with Gasteiger partial charge in [-0.05, 0) is 25.7 Å². The first-order valence-electron chi connectivity index (χ1n) is 6.28. The van der Waals surface area contributed by atoms with Crippen LogP contribution in [0.1, 0.15) is 25.7 Å². The fraction of sp³-hybridized carbons (Fsp3) is 1.00. The third-order valence-corrected chi connectivity index (χ3v) is 4.13. The molecule has 0 radical (unpaired) electrons. The molecule has 0 aromatic rings. The zero-order chi connectivity index (χ0) is 11.4. The summed E-state index contributed by atoms with van der Waals surface area (Å²) < 4.78 is 11.1. The normalized spacial score (nSPS) is 37.5. The Morgan fingerprint density at radius 3 is 3.06 bits per heavy atom. The van der Waals surface area contributed by atoms with Crippen molar-refractivity contribution in [3.8, 4) is 0 Å². The van der Waals surface area contributed by atoms with Crippen molar-refractivity contribution in [2.45, 2.75) is 43.9 Å². The summed E-state index contributed by atoms with van der Waals surface area (Å²) in [6, 6.07) is 0.674. The molecule has 1 saturated carbocycles. The molecule has 2 fully saturated rings. The molecule has 94 valence electrons. The highest BCUT2D eigenvalue weighted by Crippen LogP contribution is 2.26. The van der Waals surface area contributed by atoms with Crippen LogP contribution in [0.2, 0.25) is 0 Å². The molecule has 0 bridgehead atoms. The highest BCUT2D eigenvalue weighted by molar-refractivity contribution is 6.18. The van der Waals surface area contributed by atoms with E-state index in [1.165, 1.54) is 25.7 Å². The van der Waals surface area contributed by atoms with E-state index in [2.05, 4.69) is 4.90 Å². The third-order valence-electron chi connectivity index (χ3n) is 3.79. The average Bonchev–Trinajstić information content (AvgIpc) is 2.39. The van der Waals surface area contributed by atoms with E-state index in [9.17, 15) is 0 Å². The zero-order valence-electron chi connectivity index (χ0n) is 10.0. The molecule has 2 rings (SSSR count). The molecule has 3 atom stereocenters. The van der Waals surface area contributed by atoms with E-state index in [0.717, 1.165) is 19.7 Å². The van der Waals surface area contributed by atoms with Crippen LogP contribution in [0, 0.1) is 0 Å². The van der Waals surface area contributed by atoms with Gasteiger partial charge in [-0.25, -0.2) is 0 Å². The van der Waals surface area contributed by atoms with Gasteiger partial charge in [0.1, 0.15) is 0 Å². The molecule has 4 heteroatoms. The first-order chi connectivity index (χ1) is 7.83. The topological polar surface area (TPSA) is 21.7 Å². The number of hydrogen-bond donors (Lipinski definition) is 0. The Bertz CT molecular complexity index is 193. The first-order valence-corrected chi connectivity index (χ1v) is 6.81. The highest BCUT2D eigenvalue weighted by atomic mass is 35.5. The summed E-state index contributed by atoms with van der Waals surface area (Å²) >= 11 is 5.86. The van der Waals surface area contributed by atoms with Crippen LogP contribution in [0.3, 0.4) is 0 Å². The summed E-state index contributed by atoms with van der Waals surface area (Å²) in [5.41, 5.74) is 0. The van der Waals surface area contributed by atoms with Crippen LogP contribution < -0.4 is 0 Å². The standard InChI is InChI=1S/C12H22ClNO2/c1-15-11-4-2-3-10(7-11)14-5-6-16-12(8-13)9-14/h10-12H,2-9H2,1H3. The Kier molecular flexibility index (Phi) is 4.89. The van der Waals surface area contributed by atoms with Crippen molar-refractivity contribution < 1.29 is 9.47 Å². The lowest BCUT2D eigenvalue weighted by atomic mass is 9.91. The van der Waals surface area contributed by atoms with Crippen LogP contribution in [0.25, 0.3) is 0 Å². The predicted molar refractivity (Wildman–Crippen MR) is 65.1 cm³/mol. The summed E-state index contributed by atoms with van der Waals surface area (Å²) in [5.74, 6) is 0.608. The lowest BCUT2D eigenvalue weighted by Crippen LogP contribution is -2.50. The number of halogens is 1. The second-order valence-electron chi connectivity index (χ2n) is 4.82. The Morgan fingerprint density at radius 2 is 2.31 bits per heavy atom. The molecule has 1 aliphatic heterocycles. The molecule has 1 aliphatic carbocycles. The smallest absolute Gasteiger partial charge is 0.0837 e. The fourth-order valence-corrected chi connectivity index (χ4v) is 3.02. The fourth-order valence-electron chi connectivity index (χ4n) is 2.83. The van der Waals surface area contributed by atoms with Gasteiger partial charge in [0, 0.05) is 32.1 Å². The maximum Gasteiger partial charge on any atom is 0.0837 e. The Morgan fingerprint density at radius 1 is 1.44 bits per heavy atom. The van der Waals surface area contributed by atoms with E-state index >= 15 is 0 Å². The van der Waals surface area contributed by atoms with Crippen LogP contribution in [0.5, 0.6) is 0 Å². The number of nitrogens with zero attached hydrogens (tertiary/aromatic N) is 1. The van der Waals surface area contributed by atoms with Crippen molar-refractivity contribution in [1.82, 2.24) is 4.90 Å². The van der Waals surface area contributed by atoms with Gasteiger partial charge in [0.2, 0.25) is 0 Å². The Balaban J connectivity index is 1.85. The number of rotatable bonds is 3. The molecule has 0 aromatic carbocycles. The van der Waals surface area contributed by atoms with Crippen molar-refractivity contribution in [3.63, 3.8) is 0 Å². The van der Waals surface area contributed by atoms with Gasteiger partial charge < -0.3 is 9.47 Å². The van der Waals surface area contributed by atoms with Gasteiger partial charge in [-0.2, -0.15) is 0 Å². The van der Waals surface area contributed by atoms with E-state index in [0.29, 0.717) is 18.0 Å². The lowest BCUT2D eigenvalue weighted by molar-refractivity contribution is -0.0518. The number of methoxy groups -OCH3 is 1. The molecular formula is C12H22ClNO2. The van der Waals surface area contributed by atoms with Crippen molar-refractivity contribution in [2.75, 3.05) is 32.7 Å². The van der Waals surface area contributed by atoms with Gasteiger partial charge in [0.15, 0.2) is 0 Å². The monoisotopic (exact) mass is 247 g/mol. The minimum absolute atomic E-state index is 0.221. The van der Waals surface area contributed by atoms with Gasteiger partial charge in [-0.1, -0.05) is 0 Å². The van der Waals surface area contributed by atoms with Gasteiger partial charge in [-0.15, -0.1) is 11.6 Å². The molecule has 1 saturated heterocycles. The molecule has 0 aromatic heterocycles. The number of alkyl halides is 1. The van der Waals surface area contributed by atoms with E-state index in [4.69, 9.17) is 21.1 Å². The van der Waals surface area contributed by atoms with E-state index in [-0.39, 0.29) is 6.10 Å². The van der Waals surface area contributed by atoms with Gasteiger partial charge in [0.05, 0.1) is 18.8 Å². The van der Waals surface area contributed by atoms with Crippen LogP contribution in [0.4, 0.5) is 0 Å². The molecular weight excluding hydrogens is 226 g/mol. The first kappa shape index (κ1) is 12.6. The quantitative estimate of drug-likeness (QED) is 0.711. The molecule has 3 unspecified atom stereocenters. The number of hydrogen-bond acceptors (Lipinski definition) is 3. The van der Waals surface area contributed by atoms with E-state index < -0.39 is 0 Å². The lowest BCUT2D eigenvalue weighted by Gasteiger charge is -2.41. The molecule has 0 amide bonds. The van der Waals surface area contributed by atoms with Crippen LogP contribution in [-0.2, 0) is 9.47 Å². The highest BCUT2D eigenvalue weighted by Gasteiger charge is 2.30. The van der Waals surface area contributed by atoms with Crippen molar-refractivity contribution >= 4 is 11.6 Å². The molecule has 0 spiro atoms. The second-order valence-corrected chi connectivity index (χ2v) is 5.13. The molecule has 16 heavy (non-hydrogen) atoms. The summed E-state index contributed by atoms with van der Waals surface area (Å²) in [6.07, 6.45) is 5.65. The largest absolute Gasteiger partial charge is 0.381 e. The van der Waals surface area contributed by atoms with Crippen LogP contribution in [-0.4, -0.2) is 55.8 Å². The zero-order valence-corrected chi connectivity index (χ0v) is 10.8. The third kappa shape index (κ3) is 3.10. The van der Waals surface area contributed by atoms with Crippen molar-refractivity contribution in [2.24, 2.45) is 0 Å². The maximum absolute atomic E-state index is 5.86. The minimum Gasteiger partial charge on any atom is -0.381 e. The molecule has 0 N–H and O–H groups in total. The van der Waals surface area contributed by atoms with Gasteiger partial charge in [0.25, 0.3) is 0 Å². The van der Waals surface area contributed by atoms with Gasteiger partial charge in [-0.3, -0.25) is 4.90 Å². The number of ether oxygens (including phenoxy) is 2. The Labute approximate surface area is 103 Å². The maximum atomic E-state index is 5.86. The summed E-state index contributed by atoms with van der Waals surface area (Å²) in [6.45, 7) is 2.87. The Hall–Kier alpha value is 0.170. The number of morpholine rings is 1. The molecule has 3 nitrogen and oxygen atoms in total. The van der Waals surface area contributed by atoms with E-state index in [1.54, 1.807) is 0 Å². The summed E-state index contributed by atoms with van der Waals surface area (Å²) in [4.78, 5) is 2.54. The van der Waals surface area contributed by atoms with Crippen molar-refractivity contribution in [1.29, 1.82) is 0 Å². The molecule has 2 aliphatic rings. The van der Waals surface area contributed by atoms with Crippen LogP contribution >= 0.6 is 11.6 Å². The summed E-state index contributed by atoms with van der Waals surface area (Å²) in [7, 11) is 1.83. The predicted octanol–water partition coefficient (Wildman–Crippen LogP) is 1.88. The average molecular weight is 248 g/mol. The summed E-state index contributed by atoms with van der Waals surface area (Å²) in [5, 5.41) is 0.